The smallest absolute Gasteiger partial charge is 0.229 e. The van der Waals surface area contributed by atoms with Crippen molar-refractivity contribution in [3.05, 3.63) is 29.8 Å². The average molecular weight is 564 g/mol. The molecule has 2 aliphatic carbocycles. The molecule has 0 spiro atoms. The summed E-state index contributed by atoms with van der Waals surface area (Å²) in [5.41, 5.74) is 2.51. The summed E-state index contributed by atoms with van der Waals surface area (Å²) in [5.74, 6) is 1.32. The van der Waals surface area contributed by atoms with Gasteiger partial charge in [-0.15, -0.1) is 5.10 Å². The summed E-state index contributed by atoms with van der Waals surface area (Å²) in [5, 5.41) is 43.3. The molecule has 14 heteroatoms. The molecule has 0 aliphatic heterocycles. The normalized spacial score (nSPS) is 27.1. The zero-order chi connectivity index (χ0) is 27.0. The summed E-state index contributed by atoms with van der Waals surface area (Å²) in [4.78, 5) is 9.42. The maximum absolute atomic E-state index is 11.6. The van der Waals surface area contributed by atoms with Crippen LogP contribution in [0.4, 0.5) is 11.5 Å². The van der Waals surface area contributed by atoms with Crippen LogP contribution in [0.2, 0.25) is 0 Å². The van der Waals surface area contributed by atoms with Crippen LogP contribution in [0.25, 0.3) is 11.2 Å². The molecule has 2 saturated carbocycles. The van der Waals surface area contributed by atoms with E-state index in [1.807, 2.05) is 18.2 Å². The molecule has 2 fully saturated rings. The minimum absolute atomic E-state index is 0.0664. The SMILES string of the molecule is CCCSc1nc(N[C@H]2C[C@@H]2c2cccc(NS(C)(=O)=O)c2)c2nnn(C3C[C@H](CCO)[C@@H](O)C3O)c2n1. The van der Waals surface area contributed by atoms with E-state index in [1.165, 1.54) is 11.8 Å². The zero-order valence-corrected chi connectivity index (χ0v) is 22.9. The minimum atomic E-state index is -3.37. The fourth-order valence-corrected chi connectivity index (χ4v) is 6.38. The van der Waals surface area contributed by atoms with E-state index < -0.39 is 28.3 Å². The first kappa shape index (κ1) is 27.1. The molecule has 5 rings (SSSR count). The Kier molecular flexibility index (Phi) is 7.78. The van der Waals surface area contributed by atoms with Crippen molar-refractivity contribution < 1.29 is 23.7 Å². The summed E-state index contributed by atoms with van der Waals surface area (Å²) >= 11 is 1.52. The van der Waals surface area contributed by atoms with Gasteiger partial charge in [0.2, 0.25) is 10.0 Å². The topological polar surface area (TPSA) is 175 Å². The highest BCUT2D eigenvalue weighted by Crippen LogP contribution is 2.44. The van der Waals surface area contributed by atoms with Gasteiger partial charge in [0.1, 0.15) is 6.10 Å². The van der Waals surface area contributed by atoms with Crippen LogP contribution < -0.4 is 10.0 Å². The van der Waals surface area contributed by atoms with Gasteiger partial charge in [-0.05, 0) is 49.3 Å². The highest BCUT2D eigenvalue weighted by Gasteiger charge is 2.44. The van der Waals surface area contributed by atoms with E-state index in [1.54, 1.807) is 10.7 Å². The van der Waals surface area contributed by atoms with Crippen LogP contribution >= 0.6 is 11.8 Å². The standard InChI is InChI=1S/C24H33N7O5S2/c1-3-9-37-24-26-22(25-17-12-16(17)13-5-4-6-15(10-13)29-38(2,35)36)19-23(27-24)31(30-28-19)18-11-14(7-8-32)20(33)21(18)34/h4-6,10,14,16-18,20-21,29,32-34H,3,7-9,11-12H2,1-2H3,(H,25,26,27)/t14-,16+,17-,18?,20+,21?/m0/s1. The van der Waals surface area contributed by atoms with Gasteiger partial charge in [-0.25, -0.2) is 23.1 Å². The largest absolute Gasteiger partial charge is 0.396 e. The van der Waals surface area contributed by atoms with Gasteiger partial charge in [0.05, 0.1) is 18.4 Å². The number of rotatable bonds is 11. The lowest BCUT2D eigenvalue weighted by Gasteiger charge is -2.17. The zero-order valence-electron chi connectivity index (χ0n) is 21.2. The molecule has 2 heterocycles. The summed E-state index contributed by atoms with van der Waals surface area (Å²) in [6.07, 6.45) is 1.76. The van der Waals surface area contributed by atoms with Gasteiger partial charge in [-0.2, -0.15) is 0 Å². The first-order valence-electron chi connectivity index (χ1n) is 12.8. The molecule has 0 radical (unpaired) electrons. The van der Waals surface area contributed by atoms with Gasteiger partial charge >= 0.3 is 0 Å². The van der Waals surface area contributed by atoms with Crippen molar-refractivity contribution in [2.75, 3.05) is 28.7 Å². The molecule has 5 N–H and O–H groups in total. The second kappa shape index (κ2) is 10.9. The van der Waals surface area contributed by atoms with Gasteiger partial charge in [-0.1, -0.05) is 36.0 Å². The lowest BCUT2D eigenvalue weighted by molar-refractivity contribution is 0.00107. The second-order valence-electron chi connectivity index (χ2n) is 10.1. The Morgan fingerprint density at radius 3 is 2.74 bits per heavy atom. The van der Waals surface area contributed by atoms with Crippen LogP contribution in [0, 0.1) is 5.92 Å². The molecule has 12 nitrogen and oxygen atoms in total. The maximum Gasteiger partial charge on any atom is 0.229 e. The number of hydrogen-bond acceptors (Lipinski definition) is 11. The number of aromatic nitrogens is 5. The van der Waals surface area contributed by atoms with Crippen LogP contribution in [0.15, 0.2) is 29.4 Å². The molecule has 3 aromatic rings. The number of nitrogens with one attached hydrogen (secondary N) is 2. The number of nitrogens with zero attached hydrogens (tertiary/aromatic N) is 5. The second-order valence-corrected chi connectivity index (χ2v) is 12.9. The fourth-order valence-electron chi connectivity index (χ4n) is 5.13. The summed E-state index contributed by atoms with van der Waals surface area (Å²) < 4.78 is 27.4. The van der Waals surface area contributed by atoms with Crippen molar-refractivity contribution >= 4 is 44.5 Å². The van der Waals surface area contributed by atoms with Gasteiger partial charge in [0.15, 0.2) is 22.1 Å². The van der Waals surface area contributed by atoms with Crippen LogP contribution in [-0.2, 0) is 10.0 Å². The third-order valence-corrected chi connectivity index (χ3v) is 8.71. The molecule has 6 atom stereocenters. The monoisotopic (exact) mass is 563 g/mol. The Morgan fingerprint density at radius 1 is 1.18 bits per heavy atom. The molecule has 2 aromatic heterocycles. The molecule has 2 unspecified atom stereocenters. The summed E-state index contributed by atoms with van der Waals surface area (Å²) in [6.45, 7) is 2.01. The Bertz CT molecular complexity index is 1400. The molecule has 206 valence electrons. The van der Waals surface area contributed by atoms with Crippen molar-refractivity contribution in [2.24, 2.45) is 5.92 Å². The third kappa shape index (κ3) is 5.73. The number of fused-ring (bicyclic) bond motifs is 1. The number of hydrogen-bond donors (Lipinski definition) is 5. The lowest BCUT2D eigenvalue weighted by atomic mass is 10.0. The van der Waals surface area contributed by atoms with E-state index >= 15 is 0 Å². The molecular weight excluding hydrogens is 530 g/mol. The molecule has 0 bridgehead atoms. The molecule has 0 saturated heterocycles. The summed E-state index contributed by atoms with van der Waals surface area (Å²) in [6, 6.07) is 6.93. The first-order chi connectivity index (χ1) is 18.2. The van der Waals surface area contributed by atoms with Crippen LogP contribution in [0.1, 0.15) is 50.1 Å². The predicted molar refractivity (Wildman–Crippen MR) is 145 cm³/mol. The van der Waals surface area contributed by atoms with Crippen molar-refractivity contribution in [3.63, 3.8) is 0 Å². The Morgan fingerprint density at radius 2 is 2.00 bits per heavy atom. The molecule has 1 aromatic carbocycles. The number of sulfonamides is 1. The third-order valence-electron chi connectivity index (χ3n) is 7.05. The van der Waals surface area contributed by atoms with Crippen molar-refractivity contribution in [3.8, 4) is 0 Å². The number of benzene rings is 1. The molecule has 0 amide bonds. The molecule has 38 heavy (non-hydrogen) atoms. The van der Waals surface area contributed by atoms with E-state index in [2.05, 4.69) is 27.3 Å². The van der Waals surface area contributed by atoms with E-state index in [9.17, 15) is 23.7 Å². The van der Waals surface area contributed by atoms with E-state index in [4.69, 9.17) is 9.97 Å². The Balaban J connectivity index is 1.41. The Hall–Kier alpha value is -2.52. The maximum atomic E-state index is 11.6. The van der Waals surface area contributed by atoms with Gasteiger partial charge < -0.3 is 20.6 Å². The summed E-state index contributed by atoms with van der Waals surface area (Å²) in [7, 11) is -3.37. The van der Waals surface area contributed by atoms with E-state index in [0.29, 0.717) is 40.7 Å². The van der Waals surface area contributed by atoms with Gasteiger partial charge in [-0.3, -0.25) is 4.72 Å². The van der Waals surface area contributed by atoms with Gasteiger partial charge in [0.25, 0.3) is 0 Å². The number of aliphatic hydroxyl groups excluding tert-OH is 3. The first-order valence-corrected chi connectivity index (χ1v) is 15.6. The average Bonchev–Trinajstić information content (AvgIpc) is 3.42. The van der Waals surface area contributed by atoms with E-state index in [-0.39, 0.29) is 24.5 Å². The number of thioether (sulfide) groups is 1. The molecular formula is C24H33N7O5S2. The van der Waals surface area contributed by atoms with Gasteiger partial charge in [0, 0.05) is 30.0 Å². The predicted octanol–water partition coefficient (Wildman–Crippen LogP) is 1.73. The Labute approximate surface area is 225 Å². The number of anilines is 2. The van der Waals surface area contributed by atoms with Crippen LogP contribution in [0.5, 0.6) is 0 Å². The van der Waals surface area contributed by atoms with E-state index in [0.717, 1.165) is 30.4 Å². The quantitative estimate of drug-likeness (QED) is 0.170. The van der Waals surface area contributed by atoms with Crippen LogP contribution in [0.3, 0.4) is 0 Å². The van der Waals surface area contributed by atoms with Crippen molar-refractivity contribution in [2.45, 2.75) is 68.0 Å². The highest BCUT2D eigenvalue weighted by molar-refractivity contribution is 7.99. The minimum Gasteiger partial charge on any atom is -0.396 e. The van der Waals surface area contributed by atoms with Crippen LogP contribution in [-0.4, -0.2) is 85.6 Å². The number of aliphatic hydroxyl groups is 3. The lowest BCUT2D eigenvalue weighted by Crippen LogP contribution is -2.30. The molecule has 2 aliphatic rings. The van der Waals surface area contributed by atoms with Crippen molar-refractivity contribution in [1.82, 2.24) is 25.0 Å². The fraction of sp³-hybridized carbons (Fsp3) is 0.583. The van der Waals surface area contributed by atoms with Crippen molar-refractivity contribution in [1.29, 1.82) is 0 Å². The highest BCUT2D eigenvalue weighted by atomic mass is 32.2.